The molecule has 0 fully saturated rings. The van der Waals surface area contributed by atoms with Gasteiger partial charge in [0.25, 0.3) is 5.91 Å². The zero-order valence-corrected chi connectivity index (χ0v) is 17.4. The Labute approximate surface area is 175 Å². The molecule has 8 heteroatoms. The quantitative estimate of drug-likeness (QED) is 0.649. The molecule has 8 nitrogen and oxygen atoms in total. The second kappa shape index (κ2) is 9.21. The van der Waals surface area contributed by atoms with Crippen molar-refractivity contribution in [3.8, 4) is 17.2 Å². The van der Waals surface area contributed by atoms with Crippen molar-refractivity contribution in [2.45, 2.75) is 19.9 Å². The molecule has 0 bridgehead atoms. The van der Waals surface area contributed by atoms with Gasteiger partial charge in [-0.05, 0) is 44.2 Å². The molecule has 30 heavy (non-hydrogen) atoms. The van der Waals surface area contributed by atoms with E-state index < -0.39 is 12.1 Å². The number of hydrogen-bond acceptors (Lipinski definition) is 5. The van der Waals surface area contributed by atoms with E-state index in [4.69, 9.17) is 14.2 Å². The van der Waals surface area contributed by atoms with Crippen molar-refractivity contribution in [2.75, 3.05) is 26.1 Å². The Kier molecular flexibility index (Phi) is 6.46. The van der Waals surface area contributed by atoms with Gasteiger partial charge in [-0.25, -0.2) is 4.79 Å². The maximum atomic E-state index is 13.3. The molecule has 1 atom stereocenters. The number of nitrogens with one attached hydrogen (secondary N) is 3. The number of amides is 3. The highest BCUT2D eigenvalue weighted by molar-refractivity contribution is 6.07. The van der Waals surface area contributed by atoms with Gasteiger partial charge < -0.3 is 30.2 Å². The Bertz CT molecular complexity index is 986. The molecule has 0 spiro atoms. The molecule has 3 amide bonds. The van der Waals surface area contributed by atoms with Crippen LogP contribution in [0.1, 0.15) is 25.5 Å². The fraction of sp³-hybridized carbons (Fsp3) is 0.273. The summed E-state index contributed by atoms with van der Waals surface area (Å²) in [5, 5.41) is 8.37. The standard InChI is InChI=1S/C22H25N3O5/c1-5-30-18-9-7-6-8-16(18)24-21(26)19-13(2)23-22(27)25-20(19)15-12-14(28-3)10-11-17(15)29-4/h6-12,20H,5H2,1-4H3,(H,24,26)(H2,23,25,27). The Morgan fingerprint density at radius 2 is 1.87 bits per heavy atom. The number of para-hydroxylation sites is 2. The van der Waals surface area contributed by atoms with Crippen molar-refractivity contribution in [2.24, 2.45) is 0 Å². The maximum Gasteiger partial charge on any atom is 0.319 e. The lowest BCUT2D eigenvalue weighted by Crippen LogP contribution is -2.46. The number of rotatable bonds is 7. The first-order chi connectivity index (χ1) is 14.5. The highest BCUT2D eigenvalue weighted by Gasteiger charge is 2.33. The fourth-order valence-corrected chi connectivity index (χ4v) is 3.33. The normalized spacial score (nSPS) is 15.7. The molecule has 1 aliphatic heterocycles. The zero-order chi connectivity index (χ0) is 21.7. The molecule has 1 heterocycles. The fourth-order valence-electron chi connectivity index (χ4n) is 3.33. The summed E-state index contributed by atoms with van der Waals surface area (Å²) in [4.78, 5) is 25.5. The molecule has 0 saturated carbocycles. The van der Waals surface area contributed by atoms with Gasteiger partial charge in [0.1, 0.15) is 17.2 Å². The number of benzene rings is 2. The van der Waals surface area contributed by atoms with Crippen molar-refractivity contribution >= 4 is 17.6 Å². The van der Waals surface area contributed by atoms with Crippen molar-refractivity contribution in [1.29, 1.82) is 0 Å². The second-order valence-corrected chi connectivity index (χ2v) is 6.56. The van der Waals surface area contributed by atoms with Crippen LogP contribution in [-0.2, 0) is 4.79 Å². The minimum Gasteiger partial charge on any atom is -0.497 e. The van der Waals surface area contributed by atoms with E-state index in [1.54, 1.807) is 44.4 Å². The lowest BCUT2D eigenvalue weighted by Gasteiger charge is -2.30. The van der Waals surface area contributed by atoms with Crippen molar-refractivity contribution in [3.05, 3.63) is 59.3 Å². The number of allylic oxidation sites excluding steroid dienone is 1. The molecule has 2 aromatic carbocycles. The molecule has 3 rings (SSSR count). The van der Waals surface area contributed by atoms with Crippen LogP contribution in [0.15, 0.2) is 53.7 Å². The van der Waals surface area contributed by atoms with E-state index in [0.717, 1.165) is 0 Å². The Hall–Kier alpha value is -3.68. The van der Waals surface area contributed by atoms with E-state index in [-0.39, 0.29) is 5.91 Å². The average molecular weight is 411 g/mol. The van der Waals surface area contributed by atoms with Gasteiger partial charge in [0.2, 0.25) is 0 Å². The molecular formula is C22H25N3O5. The zero-order valence-electron chi connectivity index (χ0n) is 17.4. The summed E-state index contributed by atoms with van der Waals surface area (Å²) in [5.41, 5.74) is 1.94. The van der Waals surface area contributed by atoms with Crippen LogP contribution in [0.4, 0.5) is 10.5 Å². The number of anilines is 1. The van der Waals surface area contributed by atoms with Crippen LogP contribution in [0.5, 0.6) is 17.2 Å². The van der Waals surface area contributed by atoms with E-state index in [0.29, 0.717) is 46.4 Å². The van der Waals surface area contributed by atoms with E-state index in [1.807, 2.05) is 19.1 Å². The third kappa shape index (κ3) is 4.32. The van der Waals surface area contributed by atoms with Crippen LogP contribution in [0.2, 0.25) is 0 Å². The highest BCUT2D eigenvalue weighted by atomic mass is 16.5. The monoisotopic (exact) mass is 411 g/mol. The molecule has 0 radical (unpaired) electrons. The van der Waals surface area contributed by atoms with Crippen LogP contribution >= 0.6 is 0 Å². The van der Waals surface area contributed by atoms with E-state index >= 15 is 0 Å². The van der Waals surface area contributed by atoms with E-state index in [9.17, 15) is 9.59 Å². The highest BCUT2D eigenvalue weighted by Crippen LogP contribution is 2.36. The maximum absolute atomic E-state index is 13.3. The van der Waals surface area contributed by atoms with Crippen LogP contribution in [0.25, 0.3) is 0 Å². The van der Waals surface area contributed by atoms with Gasteiger partial charge in [0.05, 0.1) is 38.1 Å². The average Bonchev–Trinajstić information content (AvgIpc) is 2.74. The van der Waals surface area contributed by atoms with E-state index in [1.165, 1.54) is 7.11 Å². The third-order valence-corrected chi connectivity index (χ3v) is 4.70. The Balaban J connectivity index is 2.02. The number of ether oxygens (including phenoxy) is 3. The molecule has 158 valence electrons. The molecule has 0 aliphatic carbocycles. The molecule has 3 N–H and O–H groups in total. The molecule has 0 saturated heterocycles. The molecule has 1 aliphatic rings. The van der Waals surface area contributed by atoms with Gasteiger partial charge in [-0.15, -0.1) is 0 Å². The smallest absolute Gasteiger partial charge is 0.319 e. The number of carbonyl (C=O) groups is 2. The molecular weight excluding hydrogens is 386 g/mol. The van der Waals surface area contributed by atoms with Gasteiger partial charge in [0, 0.05) is 11.3 Å². The lowest BCUT2D eigenvalue weighted by atomic mass is 9.93. The summed E-state index contributed by atoms with van der Waals surface area (Å²) in [7, 11) is 3.08. The summed E-state index contributed by atoms with van der Waals surface area (Å²) >= 11 is 0. The van der Waals surface area contributed by atoms with Gasteiger partial charge in [-0.1, -0.05) is 12.1 Å². The minimum absolute atomic E-state index is 0.354. The van der Waals surface area contributed by atoms with Gasteiger partial charge in [0.15, 0.2) is 0 Å². The summed E-state index contributed by atoms with van der Waals surface area (Å²) < 4.78 is 16.4. The first-order valence-electron chi connectivity index (χ1n) is 9.51. The van der Waals surface area contributed by atoms with Gasteiger partial charge >= 0.3 is 6.03 Å². The third-order valence-electron chi connectivity index (χ3n) is 4.70. The molecule has 0 aromatic heterocycles. The van der Waals surface area contributed by atoms with Crippen molar-refractivity contribution < 1.29 is 23.8 Å². The SMILES string of the molecule is CCOc1ccccc1NC(=O)C1=C(C)NC(=O)NC1c1cc(OC)ccc1OC. The summed E-state index contributed by atoms with van der Waals surface area (Å²) in [5.74, 6) is 1.30. The first-order valence-corrected chi connectivity index (χ1v) is 9.51. The van der Waals surface area contributed by atoms with Gasteiger partial charge in [-0.3, -0.25) is 4.79 Å². The minimum atomic E-state index is -0.733. The van der Waals surface area contributed by atoms with E-state index in [2.05, 4.69) is 16.0 Å². The molecule has 2 aromatic rings. The predicted molar refractivity (Wildman–Crippen MR) is 113 cm³/mol. The lowest BCUT2D eigenvalue weighted by molar-refractivity contribution is -0.113. The number of urea groups is 1. The number of hydrogen-bond donors (Lipinski definition) is 3. The van der Waals surface area contributed by atoms with Crippen molar-refractivity contribution in [3.63, 3.8) is 0 Å². The Morgan fingerprint density at radius 1 is 1.10 bits per heavy atom. The van der Waals surface area contributed by atoms with Crippen LogP contribution < -0.4 is 30.2 Å². The summed E-state index contributed by atoms with van der Waals surface area (Å²) in [6, 6.07) is 11.3. The Morgan fingerprint density at radius 3 is 2.57 bits per heavy atom. The largest absolute Gasteiger partial charge is 0.497 e. The van der Waals surface area contributed by atoms with Crippen LogP contribution in [0, 0.1) is 0 Å². The number of carbonyl (C=O) groups excluding carboxylic acids is 2. The first kappa shape index (κ1) is 21.0. The summed E-state index contributed by atoms with van der Waals surface area (Å²) in [6.45, 7) is 4.02. The topological polar surface area (TPSA) is 97.9 Å². The summed E-state index contributed by atoms with van der Waals surface area (Å²) in [6.07, 6.45) is 0. The second-order valence-electron chi connectivity index (χ2n) is 6.56. The van der Waals surface area contributed by atoms with Crippen LogP contribution in [-0.4, -0.2) is 32.8 Å². The molecule has 1 unspecified atom stereocenters. The van der Waals surface area contributed by atoms with Gasteiger partial charge in [-0.2, -0.15) is 0 Å². The predicted octanol–water partition coefficient (Wildman–Crippen LogP) is 3.37. The number of methoxy groups -OCH3 is 2. The van der Waals surface area contributed by atoms with Crippen molar-refractivity contribution in [1.82, 2.24) is 10.6 Å². The van der Waals surface area contributed by atoms with Crippen LogP contribution in [0.3, 0.4) is 0 Å².